The van der Waals surface area contributed by atoms with E-state index in [4.69, 9.17) is 10.8 Å². The number of carboxylic acid groups (broad SMARTS) is 1. The van der Waals surface area contributed by atoms with Gasteiger partial charge in [-0.25, -0.2) is 4.79 Å². The zero-order valence-corrected chi connectivity index (χ0v) is 10.6. The van der Waals surface area contributed by atoms with Gasteiger partial charge in [-0.15, -0.1) is 0 Å². The van der Waals surface area contributed by atoms with Crippen molar-refractivity contribution in [1.82, 2.24) is 9.78 Å². The van der Waals surface area contributed by atoms with E-state index in [1.165, 1.54) is 0 Å². The number of anilines is 2. The van der Waals surface area contributed by atoms with Crippen molar-refractivity contribution in [2.24, 2.45) is 0 Å². The van der Waals surface area contributed by atoms with Crippen molar-refractivity contribution in [3.05, 3.63) is 41.7 Å². The molecular formula is C13H16N4O2. The molecule has 0 aliphatic heterocycles. The molecular weight excluding hydrogens is 244 g/mol. The standard InChI is InChI=1S/C13H16N4O2/c1-9-7-10(8-11(12(9)14)13(18)19)15-4-6-17-5-2-3-16-17/h2-3,5,7-8,15H,4,6,14H2,1H3,(H,18,19). The van der Waals surface area contributed by atoms with E-state index in [2.05, 4.69) is 10.4 Å². The summed E-state index contributed by atoms with van der Waals surface area (Å²) >= 11 is 0. The minimum atomic E-state index is -1.02. The van der Waals surface area contributed by atoms with Crippen molar-refractivity contribution in [3.8, 4) is 0 Å². The van der Waals surface area contributed by atoms with Crippen LogP contribution in [0.1, 0.15) is 15.9 Å². The number of hydrogen-bond acceptors (Lipinski definition) is 4. The first-order valence-corrected chi connectivity index (χ1v) is 5.92. The van der Waals surface area contributed by atoms with E-state index in [1.807, 2.05) is 18.3 Å². The first-order chi connectivity index (χ1) is 9.08. The molecule has 2 rings (SSSR count). The van der Waals surface area contributed by atoms with Gasteiger partial charge >= 0.3 is 5.97 Å². The van der Waals surface area contributed by atoms with Gasteiger partial charge in [0.05, 0.1) is 12.1 Å². The Hall–Kier alpha value is -2.50. The van der Waals surface area contributed by atoms with Gasteiger partial charge in [0.1, 0.15) is 0 Å². The summed E-state index contributed by atoms with van der Waals surface area (Å²) in [7, 11) is 0. The van der Waals surface area contributed by atoms with Crippen LogP contribution in [0.4, 0.5) is 11.4 Å². The van der Waals surface area contributed by atoms with E-state index in [9.17, 15) is 4.79 Å². The average Bonchev–Trinajstić information content (AvgIpc) is 2.86. The average molecular weight is 260 g/mol. The number of carboxylic acids is 1. The van der Waals surface area contributed by atoms with Crippen LogP contribution in [0.2, 0.25) is 0 Å². The Kier molecular flexibility index (Phi) is 3.70. The van der Waals surface area contributed by atoms with Crippen molar-refractivity contribution in [3.63, 3.8) is 0 Å². The Labute approximate surface area is 110 Å². The van der Waals surface area contributed by atoms with Gasteiger partial charge in [0, 0.05) is 30.3 Å². The summed E-state index contributed by atoms with van der Waals surface area (Å²) in [5.41, 5.74) is 7.67. The van der Waals surface area contributed by atoms with Gasteiger partial charge in [-0.3, -0.25) is 4.68 Å². The molecule has 0 saturated heterocycles. The van der Waals surface area contributed by atoms with Crippen LogP contribution in [0.15, 0.2) is 30.6 Å². The second-order valence-electron chi connectivity index (χ2n) is 4.26. The fourth-order valence-corrected chi connectivity index (χ4v) is 1.82. The number of nitrogen functional groups attached to an aromatic ring is 1. The Morgan fingerprint density at radius 1 is 1.53 bits per heavy atom. The summed E-state index contributed by atoms with van der Waals surface area (Å²) < 4.78 is 1.80. The molecule has 100 valence electrons. The van der Waals surface area contributed by atoms with Crippen molar-refractivity contribution >= 4 is 17.3 Å². The number of carbonyl (C=O) groups is 1. The first-order valence-electron chi connectivity index (χ1n) is 5.92. The second kappa shape index (κ2) is 5.43. The number of rotatable bonds is 5. The molecule has 0 aliphatic carbocycles. The minimum absolute atomic E-state index is 0.126. The molecule has 0 radical (unpaired) electrons. The molecule has 6 nitrogen and oxygen atoms in total. The van der Waals surface area contributed by atoms with E-state index in [0.717, 1.165) is 11.3 Å². The molecule has 0 bridgehead atoms. The fraction of sp³-hybridized carbons (Fsp3) is 0.231. The molecule has 6 heteroatoms. The lowest BCUT2D eigenvalue weighted by atomic mass is 10.1. The van der Waals surface area contributed by atoms with Gasteiger partial charge in [-0.2, -0.15) is 5.10 Å². The van der Waals surface area contributed by atoms with Gasteiger partial charge in [0.25, 0.3) is 0 Å². The van der Waals surface area contributed by atoms with Crippen LogP contribution in [-0.4, -0.2) is 27.4 Å². The van der Waals surface area contributed by atoms with Crippen LogP contribution in [0.25, 0.3) is 0 Å². The molecule has 0 atom stereocenters. The highest BCUT2D eigenvalue weighted by molar-refractivity contribution is 5.95. The molecule has 0 saturated carbocycles. The number of nitrogens with two attached hydrogens (primary N) is 1. The zero-order valence-electron chi connectivity index (χ0n) is 10.6. The summed E-state index contributed by atoms with van der Waals surface area (Å²) in [6.45, 7) is 3.16. The zero-order chi connectivity index (χ0) is 13.8. The lowest BCUT2D eigenvalue weighted by Crippen LogP contribution is -2.12. The molecule has 1 aromatic carbocycles. The number of aromatic carboxylic acids is 1. The Morgan fingerprint density at radius 2 is 2.32 bits per heavy atom. The van der Waals surface area contributed by atoms with Crippen LogP contribution in [-0.2, 0) is 6.54 Å². The molecule has 2 aromatic rings. The maximum absolute atomic E-state index is 11.1. The SMILES string of the molecule is Cc1cc(NCCn2cccn2)cc(C(=O)O)c1N. The topological polar surface area (TPSA) is 93.2 Å². The highest BCUT2D eigenvalue weighted by atomic mass is 16.4. The van der Waals surface area contributed by atoms with Crippen LogP contribution in [0.5, 0.6) is 0 Å². The monoisotopic (exact) mass is 260 g/mol. The number of nitrogens with one attached hydrogen (secondary N) is 1. The molecule has 0 aliphatic rings. The minimum Gasteiger partial charge on any atom is -0.478 e. The fourth-order valence-electron chi connectivity index (χ4n) is 1.82. The van der Waals surface area contributed by atoms with Gasteiger partial charge in [0.2, 0.25) is 0 Å². The molecule has 1 heterocycles. The van der Waals surface area contributed by atoms with Crippen LogP contribution in [0, 0.1) is 6.92 Å². The summed E-state index contributed by atoms with van der Waals surface area (Å²) in [5, 5.41) is 16.3. The Balaban J connectivity index is 2.06. The lowest BCUT2D eigenvalue weighted by molar-refractivity contribution is 0.0698. The summed E-state index contributed by atoms with van der Waals surface area (Å²) in [6.07, 6.45) is 3.59. The molecule has 0 fully saturated rings. The number of aryl methyl sites for hydroxylation is 1. The van der Waals surface area contributed by atoms with Gasteiger partial charge in [-0.1, -0.05) is 0 Å². The van der Waals surface area contributed by atoms with E-state index >= 15 is 0 Å². The van der Waals surface area contributed by atoms with Crippen molar-refractivity contribution in [1.29, 1.82) is 0 Å². The maximum Gasteiger partial charge on any atom is 0.337 e. The van der Waals surface area contributed by atoms with Crippen LogP contribution in [0.3, 0.4) is 0 Å². The highest BCUT2D eigenvalue weighted by Crippen LogP contribution is 2.22. The van der Waals surface area contributed by atoms with Crippen LogP contribution < -0.4 is 11.1 Å². The van der Waals surface area contributed by atoms with E-state index in [1.54, 1.807) is 23.9 Å². The summed E-state index contributed by atoms with van der Waals surface area (Å²) in [6, 6.07) is 5.24. The lowest BCUT2D eigenvalue weighted by Gasteiger charge is -2.11. The van der Waals surface area contributed by atoms with Gasteiger partial charge < -0.3 is 16.2 Å². The first kappa shape index (κ1) is 12.9. The summed E-state index contributed by atoms with van der Waals surface area (Å²) in [5.74, 6) is -1.02. The third-order valence-corrected chi connectivity index (χ3v) is 2.85. The predicted molar refractivity (Wildman–Crippen MR) is 73.3 cm³/mol. The highest BCUT2D eigenvalue weighted by Gasteiger charge is 2.11. The third kappa shape index (κ3) is 3.04. The van der Waals surface area contributed by atoms with Gasteiger partial charge in [-0.05, 0) is 30.7 Å². The smallest absolute Gasteiger partial charge is 0.337 e. The van der Waals surface area contributed by atoms with E-state index in [-0.39, 0.29) is 5.56 Å². The number of benzene rings is 1. The van der Waals surface area contributed by atoms with Crippen molar-refractivity contribution in [2.75, 3.05) is 17.6 Å². The Morgan fingerprint density at radius 3 is 2.95 bits per heavy atom. The Bertz CT molecular complexity index is 579. The largest absolute Gasteiger partial charge is 0.478 e. The third-order valence-electron chi connectivity index (χ3n) is 2.85. The van der Waals surface area contributed by atoms with Crippen LogP contribution >= 0.6 is 0 Å². The van der Waals surface area contributed by atoms with E-state index in [0.29, 0.717) is 18.8 Å². The molecule has 4 N–H and O–H groups in total. The van der Waals surface area contributed by atoms with Gasteiger partial charge in [0.15, 0.2) is 0 Å². The van der Waals surface area contributed by atoms with E-state index < -0.39 is 5.97 Å². The van der Waals surface area contributed by atoms with Crippen molar-refractivity contribution in [2.45, 2.75) is 13.5 Å². The quantitative estimate of drug-likeness (QED) is 0.710. The molecule has 0 amide bonds. The maximum atomic E-state index is 11.1. The molecule has 0 spiro atoms. The molecule has 0 unspecified atom stereocenters. The number of hydrogen-bond donors (Lipinski definition) is 3. The predicted octanol–water partition coefficient (Wildman–Crippen LogP) is 1.58. The summed E-state index contributed by atoms with van der Waals surface area (Å²) in [4.78, 5) is 11.1. The van der Waals surface area contributed by atoms with Crippen molar-refractivity contribution < 1.29 is 9.90 Å². The molecule has 19 heavy (non-hydrogen) atoms. The number of aromatic nitrogens is 2. The normalized spacial score (nSPS) is 10.4. The second-order valence-corrected chi connectivity index (χ2v) is 4.26. The number of nitrogens with zero attached hydrogens (tertiary/aromatic N) is 2. The molecule has 1 aromatic heterocycles.